The van der Waals surface area contributed by atoms with Crippen LogP contribution in [0.15, 0.2) is 150 Å². The Balaban J connectivity index is 1.25. The summed E-state index contributed by atoms with van der Waals surface area (Å²) >= 11 is 0. The maximum Gasteiger partial charge on any atom is 0.256 e. The molecule has 12 rings (SSSR count). The molecule has 7 aromatic carbocycles. The second-order valence-corrected chi connectivity index (χ2v) is 13.2. The SMILES string of the molecule is c1ccc2c(c1)Oc1cc3c4c5c1B2c1ccccc1N5c1ccccc1B4c1ccccc1N3c1cccc2c1oc1ccccc12. The van der Waals surface area contributed by atoms with Crippen LogP contribution in [-0.2, 0) is 0 Å². The highest BCUT2D eigenvalue weighted by molar-refractivity contribution is 7.04. The van der Waals surface area contributed by atoms with Crippen molar-refractivity contribution in [1.29, 1.82) is 0 Å². The smallest absolute Gasteiger partial charge is 0.256 e. The lowest BCUT2D eigenvalue weighted by Gasteiger charge is -2.49. The van der Waals surface area contributed by atoms with E-state index in [0.29, 0.717) is 0 Å². The van der Waals surface area contributed by atoms with E-state index in [2.05, 4.69) is 149 Å². The summed E-state index contributed by atoms with van der Waals surface area (Å²) in [6, 6.07) is 52.5. The van der Waals surface area contributed by atoms with Gasteiger partial charge in [0.25, 0.3) is 13.4 Å². The fraction of sp³-hybridized carbons (Fsp3) is 0. The van der Waals surface area contributed by atoms with Gasteiger partial charge < -0.3 is 19.0 Å². The Morgan fingerprint density at radius 3 is 1.73 bits per heavy atom. The van der Waals surface area contributed by atoms with E-state index in [1.165, 1.54) is 49.8 Å². The molecule has 0 atom stereocenters. The molecule has 0 amide bonds. The third kappa shape index (κ3) is 2.95. The summed E-state index contributed by atoms with van der Waals surface area (Å²) in [6.45, 7) is 0.117. The minimum absolute atomic E-state index is 0.0539. The Morgan fingerprint density at radius 1 is 0.417 bits per heavy atom. The zero-order chi connectivity index (χ0) is 31.1. The van der Waals surface area contributed by atoms with Crippen molar-refractivity contribution in [2.75, 3.05) is 9.80 Å². The number of anilines is 6. The molecule has 0 N–H and O–H groups in total. The van der Waals surface area contributed by atoms with Gasteiger partial charge >= 0.3 is 0 Å². The minimum Gasteiger partial charge on any atom is -0.458 e. The van der Waals surface area contributed by atoms with Gasteiger partial charge in [0.15, 0.2) is 5.58 Å². The van der Waals surface area contributed by atoms with Crippen LogP contribution in [-0.4, -0.2) is 13.4 Å². The molecule has 0 fully saturated rings. The largest absolute Gasteiger partial charge is 0.458 e. The number of nitrogens with zero attached hydrogens (tertiary/aromatic N) is 2. The third-order valence-electron chi connectivity index (χ3n) is 10.9. The normalized spacial score (nSPS) is 14.2. The molecule has 0 aliphatic carbocycles. The molecule has 48 heavy (non-hydrogen) atoms. The second kappa shape index (κ2) is 8.81. The van der Waals surface area contributed by atoms with Gasteiger partial charge in [0.2, 0.25) is 0 Å². The van der Waals surface area contributed by atoms with Gasteiger partial charge in [0.1, 0.15) is 17.1 Å². The van der Waals surface area contributed by atoms with Gasteiger partial charge in [-0.05, 0) is 69.2 Å². The Bertz CT molecular complexity index is 2710. The predicted molar refractivity (Wildman–Crippen MR) is 199 cm³/mol. The van der Waals surface area contributed by atoms with Crippen LogP contribution in [0.3, 0.4) is 0 Å². The van der Waals surface area contributed by atoms with Crippen molar-refractivity contribution in [3.63, 3.8) is 0 Å². The van der Waals surface area contributed by atoms with Crippen LogP contribution in [0.25, 0.3) is 21.9 Å². The van der Waals surface area contributed by atoms with Crippen LogP contribution in [0.4, 0.5) is 34.1 Å². The fourth-order valence-corrected chi connectivity index (χ4v) is 9.10. The van der Waals surface area contributed by atoms with Crippen molar-refractivity contribution in [3.05, 3.63) is 146 Å². The standard InChI is InChI=1S/C42H24B2N2O2/c1-9-22-36-25(12-1)26-13-11-21-34(42(26)48-36)45-31-18-6-2-14-27(31)43-28-15-3-7-19-32(28)46-33-20-8-4-16-29(33)44-30-17-5-10-23-37(30)47-38-24-35(45)39(43)41(46)40(38)44/h1-24H. The average molecular weight is 610 g/mol. The molecule has 5 heterocycles. The molecule has 1 aromatic heterocycles. The van der Waals surface area contributed by atoms with Crippen LogP contribution >= 0.6 is 0 Å². The van der Waals surface area contributed by atoms with Crippen LogP contribution in [0, 0.1) is 0 Å². The predicted octanol–water partition coefficient (Wildman–Crippen LogP) is 6.60. The van der Waals surface area contributed by atoms with Crippen molar-refractivity contribution < 1.29 is 9.15 Å². The molecular formula is C42H24B2N2O2. The Labute approximate surface area is 277 Å². The number of furan rings is 1. The van der Waals surface area contributed by atoms with Gasteiger partial charge in [0, 0.05) is 45.3 Å². The van der Waals surface area contributed by atoms with Crippen molar-refractivity contribution in [3.8, 4) is 11.5 Å². The lowest BCUT2D eigenvalue weighted by molar-refractivity contribution is 0.488. The number of ether oxygens (including phenoxy) is 1. The Kier molecular flexibility index (Phi) is 4.59. The molecule has 0 saturated heterocycles. The van der Waals surface area contributed by atoms with Gasteiger partial charge in [-0.3, -0.25) is 0 Å². The van der Waals surface area contributed by atoms with Crippen molar-refractivity contribution in [1.82, 2.24) is 0 Å². The lowest BCUT2D eigenvalue weighted by Crippen LogP contribution is -2.67. The molecule has 4 nitrogen and oxygen atoms in total. The Morgan fingerprint density at radius 2 is 0.979 bits per heavy atom. The van der Waals surface area contributed by atoms with Gasteiger partial charge in [-0.1, -0.05) is 103 Å². The van der Waals surface area contributed by atoms with E-state index in [9.17, 15) is 0 Å². The van der Waals surface area contributed by atoms with E-state index in [4.69, 9.17) is 9.15 Å². The molecule has 4 aliphatic heterocycles. The van der Waals surface area contributed by atoms with E-state index < -0.39 is 0 Å². The number of benzene rings is 7. The van der Waals surface area contributed by atoms with Gasteiger partial charge in [-0.2, -0.15) is 0 Å². The maximum atomic E-state index is 6.93. The molecular weight excluding hydrogens is 586 g/mol. The minimum atomic E-state index is 0.0539. The van der Waals surface area contributed by atoms with Crippen LogP contribution in [0.1, 0.15) is 0 Å². The van der Waals surface area contributed by atoms with E-state index >= 15 is 0 Å². The van der Waals surface area contributed by atoms with Gasteiger partial charge in [-0.15, -0.1) is 0 Å². The van der Waals surface area contributed by atoms with Gasteiger partial charge in [-0.25, -0.2) is 0 Å². The number of fused-ring (bicyclic) bond motifs is 13. The summed E-state index contributed by atoms with van der Waals surface area (Å²) in [5, 5.41) is 2.24. The highest BCUT2D eigenvalue weighted by Crippen LogP contribution is 2.49. The van der Waals surface area contributed by atoms with Crippen molar-refractivity contribution in [2.45, 2.75) is 0 Å². The zero-order valence-electron chi connectivity index (χ0n) is 25.7. The van der Waals surface area contributed by atoms with E-state index in [0.717, 1.165) is 50.5 Å². The lowest BCUT2D eigenvalue weighted by atomic mass is 9.29. The summed E-state index contributed by atoms with van der Waals surface area (Å²) in [5.74, 6) is 1.83. The number of hydrogen-bond donors (Lipinski definition) is 0. The number of para-hydroxylation sites is 6. The molecule has 4 aliphatic rings. The maximum absolute atomic E-state index is 6.93. The van der Waals surface area contributed by atoms with E-state index in [-0.39, 0.29) is 13.4 Å². The topological polar surface area (TPSA) is 28.9 Å². The van der Waals surface area contributed by atoms with Crippen molar-refractivity contribution in [2.24, 2.45) is 0 Å². The summed E-state index contributed by atoms with van der Waals surface area (Å²) in [5.41, 5.74) is 16.4. The number of rotatable bonds is 1. The van der Waals surface area contributed by atoms with E-state index in [1.807, 2.05) is 6.07 Å². The summed E-state index contributed by atoms with van der Waals surface area (Å²) in [7, 11) is 0. The first-order chi connectivity index (χ1) is 23.8. The molecule has 0 bridgehead atoms. The summed E-state index contributed by atoms with van der Waals surface area (Å²) in [6.07, 6.45) is 0. The molecule has 0 spiro atoms. The zero-order valence-corrected chi connectivity index (χ0v) is 25.7. The molecule has 220 valence electrons. The first kappa shape index (κ1) is 25.0. The third-order valence-corrected chi connectivity index (χ3v) is 10.9. The molecule has 0 unspecified atom stereocenters. The van der Waals surface area contributed by atoms with Gasteiger partial charge in [0.05, 0.1) is 5.69 Å². The first-order valence-electron chi connectivity index (χ1n) is 16.6. The molecule has 0 saturated carbocycles. The summed E-state index contributed by atoms with van der Waals surface area (Å²) < 4.78 is 13.6. The molecule has 0 radical (unpaired) electrons. The van der Waals surface area contributed by atoms with Crippen molar-refractivity contribution >= 4 is 102 Å². The number of hydrogen-bond acceptors (Lipinski definition) is 4. The average Bonchev–Trinajstić information content (AvgIpc) is 3.53. The van der Waals surface area contributed by atoms with E-state index in [1.54, 1.807) is 0 Å². The second-order valence-electron chi connectivity index (χ2n) is 13.2. The molecule has 8 aromatic rings. The molecule has 6 heteroatoms. The Hall–Kier alpha value is -6.13. The highest BCUT2D eigenvalue weighted by atomic mass is 16.5. The fourth-order valence-electron chi connectivity index (χ4n) is 9.10. The highest BCUT2D eigenvalue weighted by Gasteiger charge is 2.50. The summed E-state index contributed by atoms with van der Waals surface area (Å²) in [4.78, 5) is 4.94. The van der Waals surface area contributed by atoms with Crippen LogP contribution in [0.5, 0.6) is 11.5 Å². The first-order valence-corrected chi connectivity index (χ1v) is 16.6. The monoisotopic (exact) mass is 610 g/mol. The van der Waals surface area contributed by atoms with Crippen LogP contribution in [0.2, 0.25) is 0 Å². The quantitative estimate of drug-likeness (QED) is 0.196. The van der Waals surface area contributed by atoms with Crippen LogP contribution < -0.4 is 47.3 Å².